The smallest absolute Gasteiger partial charge is 0.337 e. The van der Waals surface area contributed by atoms with Gasteiger partial charge >= 0.3 is 5.97 Å². The van der Waals surface area contributed by atoms with E-state index in [0.717, 1.165) is 0 Å². The second-order valence-corrected chi connectivity index (χ2v) is 4.47. The summed E-state index contributed by atoms with van der Waals surface area (Å²) in [7, 11) is 1.24. The Morgan fingerprint density at radius 1 is 1.53 bits per heavy atom. The van der Waals surface area contributed by atoms with Crippen LogP contribution in [0.1, 0.15) is 10.4 Å². The average Bonchev–Trinajstić information content (AvgIpc) is 2.83. The third-order valence-electron chi connectivity index (χ3n) is 2.39. The molecule has 0 unspecified atom stereocenters. The summed E-state index contributed by atoms with van der Waals surface area (Å²) in [6.45, 7) is 0. The molecule has 19 heavy (non-hydrogen) atoms. The highest BCUT2D eigenvalue weighted by Gasteiger charge is 2.19. The van der Waals surface area contributed by atoms with Gasteiger partial charge in [-0.25, -0.2) is 9.48 Å². The summed E-state index contributed by atoms with van der Waals surface area (Å²) < 4.78 is 6.57. The number of carbonyl (C=O) groups is 1. The van der Waals surface area contributed by atoms with Crippen LogP contribution >= 0.6 is 15.9 Å². The number of nitro groups is 1. The van der Waals surface area contributed by atoms with Crippen LogP contribution in [0.25, 0.3) is 5.69 Å². The number of methoxy groups -OCH3 is 1. The maximum atomic E-state index is 11.5. The van der Waals surface area contributed by atoms with Gasteiger partial charge in [0.1, 0.15) is 5.69 Å². The Balaban J connectivity index is 2.60. The summed E-state index contributed by atoms with van der Waals surface area (Å²) in [5.74, 6) is -0.567. The van der Waals surface area contributed by atoms with Crippen molar-refractivity contribution in [2.45, 2.75) is 0 Å². The van der Waals surface area contributed by atoms with Gasteiger partial charge in [0.05, 0.1) is 28.3 Å². The summed E-state index contributed by atoms with van der Waals surface area (Å²) in [6.07, 6.45) is 3.05. The van der Waals surface area contributed by atoms with Crippen molar-refractivity contribution >= 4 is 27.6 Å². The normalized spacial score (nSPS) is 10.2. The lowest BCUT2D eigenvalue weighted by Crippen LogP contribution is -2.06. The zero-order valence-corrected chi connectivity index (χ0v) is 11.3. The summed E-state index contributed by atoms with van der Waals surface area (Å²) in [5.41, 5.74) is 0.261. The molecular weight excluding hydrogens is 318 g/mol. The first-order chi connectivity index (χ1) is 9.02. The van der Waals surface area contributed by atoms with Crippen LogP contribution in [0.2, 0.25) is 0 Å². The van der Waals surface area contributed by atoms with Crippen LogP contribution in [0.3, 0.4) is 0 Å². The monoisotopic (exact) mass is 325 g/mol. The van der Waals surface area contributed by atoms with E-state index < -0.39 is 10.9 Å². The van der Waals surface area contributed by atoms with Crippen molar-refractivity contribution in [3.63, 3.8) is 0 Å². The minimum absolute atomic E-state index is 0.150. The number of ether oxygens (including phenoxy) is 1. The molecule has 1 aromatic carbocycles. The third-order valence-corrected chi connectivity index (χ3v) is 2.80. The van der Waals surface area contributed by atoms with E-state index in [2.05, 4.69) is 25.8 Å². The fourth-order valence-electron chi connectivity index (χ4n) is 1.54. The largest absolute Gasteiger partial charge is 0.465 e. The third kappa shape index (κ3) is 2.63. The molecule has 0 fully saturated rings. The minimum atomic E-state index is -0.567. The van der Waals surface area contributed by atoms with Gasteiger partial charge in [-0.05, 0) is 28.1 Å². The quantitative estimate of drug-likeness (QED) is 0.491. The maximum Gasteiger partial charge on any atom is 0.337 e. The van der Waals surface area contributed by atoms with Crippen molar-refractivity contribution in [1.82, 2.24) is 9.78 Å². The Kier molecular flexibility index (Phi) is 3.61. The summed E-state index contributed by atoms with van der Waals surface area (Å²) >= 11 is 3.21. The van der Waals surface area contributed by atoms with Crippen LogP contribution in [0.5, 0.6) is 0 Å². The number of aromatic nitrogens is 2. The van der Waals surface area contributed by atoms with Crippen LogP contribution in [0, 0.1) is 10.1 Å². The summed E-state index contributed by atoms with van der Waals surface area (Å²) in [6, 6.07) is 3.95. The first kappa shape index (κ1) is 13.2. The second kappa shape index (κ2) is 5.19. The number of nitro benzene ring substituents is 1. The molecule has 1 heterocycles. The highest BCUT2D eigenvalue weighted by atomic mass is 79.9. The maximum absolute atomic E-state index is 11.5. The van der Waals surface area contributed by atoms with E-state index in [1.807, 2.05) is 0 Å². The zero-order valence-electron chi connectivity index (χ0n) is 9.74. The number of halogens is 1. The Bertz CT molecular complexity index is 653. The van der Waals surface area contributed by atoms with Gasteiger partial charge in [-0.15, -0.1) is 0 Å². The van der Waals surface area contributed by atoms with E-state index in [4.69, 9.17) is 0 Å². The number of esters is 1. The molecule has 0 amide bonds. The molecule has 0 atom stereocenters. The molecule has 0 N–H and O–H groups in total. The molecule has 0 saturated heterocycles. The summed E-state index contributed by atoms with van der Waals surface area (Å²) in [4.78, 5) is 21.9. The number of hydrogen-bond acceptors (Lipinski definition) is 5. The Labute approximate surface area is 116 Å². The van der Waals surface area contributed by atoms with E-state index in [9.17, 15) is 14.9 Å². The van der Waals surface area contributed by atoms with Crippen LogP contribution < -0.4 is 0 Å². The van der Waals surface area contributed by atoms with E-state index in [1.165, 1.54) is 36.2 Å². The number of benzene rings is 1. The lowest BCUT2D eigenvalue weighted by Gasteiger charge is -2.05. The topological polar surface area (TPSA) is 87.3 Å². The number of rotatable bonds is 3. The first-order valence-electron chi connectivity index (χ1n) is 5.10. The minimum Gasteiger partial charge on any atom is -0.465 e. The Morgan fingerprint density at radius 2 is 2.26 bits per heavy atom. The molecule has 2 aromatic rings. The SMILES string of the molecule is COC(=O)c1ccc([N+](=O)[O-])c(-n2cc(Br)cn2)c1. The van der Waals surface area contributed by atoms with Crippen molar-refractivity contribution in [1.29, 1.82) is 0 Å². The van der Waals surface area contributed by atoms with Gasteiger partial charge in [0.2, 0.25) is 0 Å². The van der Waals surface area contributed by atoms with Crippen molar-refractivity contribution in [2.75, 3.05) is 7.11 Å². The molecule has 8 heteroatoms. The van der Waals surface area contributed by atoms with Gasteiger partial charge in [0.15, 0.2) is 0 Å². The number of hydrogen-bond donors (Lipinski definition) is 0. The summed E-state index contributed by atoms with van der Waals surface area (Å²) in [5, 5.41) is 15.0. The van der Waals surface area contributed by atoms with Crippen LogP contribution in [0.15, 0.2) is 35.1 Å². The fourth-order valence-corrected chi connectivity index (χ4v) is 1.82. The lowest BCUT2D eigenvalue weighted by atomic mass is 10.1. The highest BCUT2D eigenvalue weighted by molar-refractivity contribution is 9.10. The number of carbonyl (C=O) groups excluding carboxylic acids is 1. The second-order valence-electron chi connectivity index (χ2n) is 3.56. The van der Waals surface area contributed by atoms with Gasteiger partial charge in [0.25, 0.3) is 5.69 Å². The van der Waals surface area contributed by atoms with Gasteiger partial charge < -0.3 is 4.74 Å². The number of nitrogens with zero attached hydrogens (tertiary/aromatic N) is 3. The van der Waals surface area contributed by atoms with E-state index in [1.54, 1.807) is 6.20 Å². The molecule has 0 aliphatic heterocycles. The molecular formula is C11H8BrN3O4. The van der Waals surface area contributed by atoms with Crippen LogP contribution in [0.4, 0.5) is 5.69 Å². The molecule has 1 aromatic heterocycles. The highest BCUT2D eigenvalue weighted by Crippen LogP contribution is 2.25. The molecule has 0 saturated carbocycles. The van der Waals surface area contributed by atoms with Crippen molar-refractivity contribution in [2.24, 2.45) is 0 Å². The molecule has 0 aliphatic rings. The van der Waals surface area contributed by atoms with Crippen molar-refractivity contribution in [3.05, 3.63) is 50.7 Å². The van der Waals surface area contributed by atoms with Crippen molar-refractivity contribution in [3.8, 4) is 5.69 Å². The molecule has 0 aliphatic carbocycles. The molecule has 0 spiro atoms. The van der Waals surface area contributed by atoms with Gasteiger partial charge in [-0.1, -0.05) is 0 Å². The first-order valence-corrected chi connectivity index (χ1v) is 5.89. The predicted octanol–water partition coefficient (Wildman–Crippen LogP) is 2.33. The van der Waals surface area contributed by atoms with Crippen molar-refractivity contribution < 1.29 is 14.5 Å². The van der Waals surface area contributed by atoms with Gasteiger partial charge in [-0.2, -0.15) is 5.10 Å². The van der Waals surface area contributed by atoms with E-state index in [-0.39, 0.29) is 16.9 Å². The zero-order chi connectivity index (χ0) is 14.0. The average molecular weight is 326 g/mol. The van der Waals surface area contributed by atoms with Crippen LogP contribution in [-0.2, 0) is 4.74 Å². The molecule has 0 radical (unpaired) electrons. The molecule has 0 bridgehead atoms. The fraction of sp³-hybridized carbons (Fsp3) is 0.0909. The van der Waals surface area contributed by atoms with Crippen LogP contribution in [-0.4, -0.2) is 27.8 Å². The Hall–Kier alpha value is -2.22. The Morgan fingerprint density at radius 3 is 2.79 bits per heavy atom. The lowest BCUT2D eigenvalue weighted by molar-refractivity contribution is -0.384. The van der Waals surface area contributed by atoms with Gasteiger partial charge in [0, 0.05) is 12.3 Å². The predicted molar refractivity (Wildman–Crippen MR) is 69.3 cm³/mol. The molecule has 7 nitrogen and oxygen atoms in total. The standard InChI is InChI=1S/C11H8BrN3O4/c1-19-11(16)7-2-3-9(15(17)18)10(4-7)14-6-8(12)5-13-14/h2-6H,1H3. The molecule has 2 rings (SSSR count). The van der Waals surface area contributed by atoms with E-state index >= 15 is 0 Å². The van der Waals surface area contributed by atoms with Gasteiger partial charge in [-0.3, -0.25) is 10.1 Å². The van der Waals surface area contributed by atoms with E-state index in [0.29, 0.717) is 4.47 Å². The molecule has 98 valence electrons.